The highest BCUT2D eigenvalue weighted by Crippen LogP contribution is 2.26. The monoisotopic (exact) mass is 292 g/mol. The van der Waals surface area contributed by atoms with Gasteiger partial charge >= 0.3 is 0 Å². The summed E-state index contributed by atoms with van der Waals surface area (Å²) in [5.74, 6) is 0.00167. The third-order valence-corrected chi connectivity index (χ3v) is 2.92. The normalized spacial score (nSPS) is 14.8. The maximum atomic E-state index is 11.8. The van der Waals surface area contributed by atoms with Crippen LogP contribution in [0.3, 0.4) is 0 Å². The molecule has 0 aliphatic carbocycles. The first-order valence-electron chi connectivity index (χ1n) is 6.58. The molecular weight excluding hydrogens is 272 g/mol. The zero-order valence-electron chi connectivity index (χ0n) is 11.8. The Kier molecular flexibility index (Phi) is 7.18. The van der Waals surface area contributed by atoms with Crippen LogP contribution in [0.1, 0.15) is 30.6 Å². The summed E-state index contributed by atoms with van der Waals surface area (Å²) in [5, 5.41) is 0. The van der Waals surface area contributed by atoms with Gasteiger partial charge in [-0.3, -0.25) is 14.8 Å². The van der Waals surface area contributed by atoms with Gasteiger partial charge in [0.15, 0.2) is 5.78 Å². The van der Waals surface area contributed by atoms with Crippen LogP contribution in [-0.4, -0.2) is 36.4 Å². The van der Waals surface area contributed by atoms with Gasteiger partial charge in [-0.2, -0.15) is 0 Å². The minimum absolute atomic E-state index is 0.00167. The van der Waals surface area contributed by atoms with Crippen LogP contribution in [0.15, 0.2) is 40.3 Å². The van der Waals surface area contributed by atoms with Gasteiger partial charge in [0, 0.05) is 31.2 Å². The van der Waals surface area contributed by atoms with E-state index in [0.717, 1.165) is 13.2 Å². The molecule has 0 atom stereocenters. The van der Waals surface area contributed by atoms with Crippen molar-refractivity contribution < 1.29 is 9.53 Å². The van der Waals surface area contributed by atoms with Crippen molar-refractivity contribution in [3.8, 4) is 0 Å². The largest absolute Gasteiger partial charge is 0.382 e. The van der Waals surface area contributed by atoms with Crippen LogP contribution < -0.4 is 0 Å². The summed E-state index contributed by atoms with van der Waals surface area (Å²) in [4.78, 5) is 19.0. The van der Waals surface area contributed by atoms with Crippen LogP contribution >= 0.6 is 12.6 Å². The van der Waals surface area contributed by atoms with E-state index in [1.54, 1.807) is 24.6 Å². The van der Waals surface area contributed by atoms with Crippen molar-refractivity contribution in [1.82, 2.24) is 0 Å². The lowest BCUT2D eigenvalue weighted by Gasteiger charge is -2.14. The summed E-state index contributed by atoms with van der Waals surface area (Å²) >= 11 is 4.25. The van der Waals surface area contributed by atoms with E-state index in [1.165, 1.54) is 0 Å². The number of hydrogen-bond donors (Lipinski definition) is 1. The van der Waals surface area contributed by atoms with E-state index in [0.29, 0.717) is 5.56 Å². The van der Waals surface area contributed by atoms with Gasteiger partial charge in [-0.1, -0.05) is 30.3 Å². The van der Waals surface area contributed by atoms with Crippen molar-refractivity contribution in [2.75, 3.05) is 13.2 Å². The van der Waals surface area contributed by atoms with E-state index in [-0.39, 0.29) is 12.2 Å². The Bertz CT molecular complexity index is 458. The molecule has 0 fully saturated rings. The average Bonchev–Trinajstić information content (AvgIpc) is 2.88. The summed E-state index contributed by atoms with van der Waals surface area (Å²) in [6.07, 6.45) is 3.31. The standard InChI is InChI=1S/C11H10N2OS.C4H10O/c14-10(9-4-2-1-3-5-9)8-11(15)12-6-7-13-11;1-3-5-4-2/h1-7,15H,8H2;3-4H2,1-2H3. The number of ketones is 1. The number of carbonyl (C=O) groups is 1. The third kappa shape index (κ3) is 5.67. The Morgan fingerprint density at radius 1 is 1.15 bits per heavy atom. The smallest absolute Gasteiger partial charge is 0.201 e. The maximum absolute atomic E-state index is 11.8. The van der Waals surface area contributed by atoms with Crippen molar-refractivity contribution in [2.24, 2.45) is 9.98 Å². The summed E-state index contributed by atoms with van der Waals surface area (Å²) in [6, 6.07) is 9.10. The highest BCUT2D eigenvalue weighted by atomic mass is 32.1. The van der Waals surface area contributed by atoms with E-state index >= 15 is 0 Å². The fraction of sp³-hybridized carbons (Fsp3) is 0.400. The number of benzene rings is 1. The molecular formula is C15H20N2O2S. The minimum Gasteiger partial charge on any atom is -0.382 e. The molecule has 5 heteroatoms. The molecule has 0 N–H and O–H groups in total. The van der Waals surface area contributed by atoms with Crippen molar-refractivity contribution in [3.63, 3.8) is 0 Å². The molecule has 4 nitrogen and oxygen atoms in total. The van der Waals surface area contributed by atoms with E-state index < -0.39 is 4.99 Å². The number of carbonyl (C=O) groups excluding carboxylic acids is 1. The molecule has 0 saturated heterocycles. The van der Waals surface area contributed by atoms with E-state index in [4.69, 9.17) is 4.74 Å². The number of Topliss-reactive ketones (excluding diaryl/α,β-unsaturated/α-hetero) is 1. The predicted octanol–water partition coefficient (Wildman–Crippen LogP) is 3.04. The molecule has 0 aromatic heterocycles. The average molecular weight is 292 g/mol. The van der Waals surface area contributed by atoms with Crippen molar-refractivity contribution in [3.05, 3.63) is 35.9 Å². The molecule has 1 aliphatic rings. The predicted molar refractivity (Wildman–Crippen MR) is 86.3 cm³/mol. The Morgan fingerprint density at radius 2 is 1.70 bits per heavy atom. The lowest BCUT2D eigenvalue weighted by Crippen LogP contribution is -2.18. The van der Waals surface area contributed by atoms with E-state index in [9.17, 15) is 4.79 Å². The number of thiol groups is 1. The highest BCUT2D eigenvalue weighted by molar-refractivity contribution is 7.81. The number of hydrogen-bond acceptors (Lipinski definition) is 5. The van der Waals surface area contributed by atoms with Crippen LogP contribution in [0.2, 0.25) is 0 Å². The van der Waals surface area contributed by atoms with Crippen LogP contribution in [0.4, 0.5) is 0 Å². The van der Waals surface area contributed by atoms with Gasteiger partial charge in [-0.05, 0) is 13.8 Å². The highest BCUT2D eigenvalue weighted by Gasteiger charge is 2.28. The first-order valence-corrected chi connectivity index (χ1v) is 7.03. The van der Waals surface area contributed by atoms with Gasteiger partial charge in [-0.25, -0.2) is 0 Å². The topological polar surface area (TPSA) is 51.0 Å². The molecule has 108 valence electrons. The zero-order valence-corrected chi connectivity index (χ0v) is 12.7. The van der Waals surface area contributed by atoms with Crippen LogP contribution in [-0.2, 0) is 4.74 Å². The Labute approximate surface area is 125 Å². The molecule has 1 aromatic carbocycles. The van der Waals surface area contributed by atoms with Gasteiger partial charge < -0.3 is 4.74 Å². The van der Waals surface area contributed by atoms with Crippen molar-refractivity contribution >= 4 is 30.8 Å². The molecule has 0 amide bonds. The molecule has 1 heterocycles. The number of rotatable bonds is 5. The van der Waals surface area contributed by atoms with Gasteiger partial charge in [-0.15, -0.1) is 12.6 Å². The first kappa shape index (κ1) is 16.6. The molecule has 0 saturated carbocycles. The van der Waals surface area contributed by atoms with Crippen LogP contribution in [0.5, 0.6) is 0 Å². The molecule has 0 radical (unpaired) electrons. The third-order valence-electron chi connectivity index (χ3n) is 2.53. The van der Waals surface area contributed by atoms with Crippen LogP contribution in [0.25, 0.3) is 0 Å². The second-order valence-electron chi connectivity index (χ2n) is 4.08. The first-order chi connectivity index (χ1) is 9.61. The second kappa shape index (κ2) is 8.66. The molecule has 1 aromatic rings. The summed E-state index contributed by atoms with van der Waals surface area (Å²) < 4.78 is 4.83. The number of ether oxygens (including phenoxy) is 1. The van der Waals surface area contributed by atoms with Gasteiger partial charge in [0.2, 0.25) is 4.99 Å². The zero-order chi connectivity index (χ0) is 14.8. The fourth-order valence-electron chi connectivity index (χ4n) is 1.58. The van der Waals surface area contributed by atoms with Gasteiger partial charge in [0.1, 0.15) is 0 Å². The Balaban J connectivity index is 0.000000347. The SMILES string of the molecule is CCOCC.O=C(CC1(S)N=CC=N1)c1ccccc1. The molecule has 0 bridgehead atoms. The quantitative estimate of drug-likeness (QED) is 0.670. The Hall–Kier alpha value is -1.46. The molecule has 1 aliphatic heterocycles. The van der Waals surface area contributed by atoms with Gasteiger partial charge in [0.25, 0.3) is 0 Å². The lowest BCUT2D eigenvalue weighted by molar-refractivity contribution is 0.0972. The molecule has 0 spiro atoms. The van der Waals surface area contributed by atoms with Gasteiger partial charge in [0.05, 0.1) is 6.42 Å². The summed E-state index contributed by atoms with van der Waals surface area (Å²) in [6.45, 7) is 5.67. The lowest BCUT2D eigenvalue weighted by atomic mass is 10.1. The number of aliphatic imine (C=N–C) groups is 2. The molecule has 20 heavy (non-hydrogen) atoms. The fourth-order valence-corrected chi connectivity index (χ4v) is 1.85. The minimum atomic E-state index is -0.896. The second-order valence-corrected chi connectivity index (χ2v) is 4.79. The van der Waals surface area contributed by atoms with E-state index in [1.807, 2.05) is 32.0 Å². The Morgan fingerprint density at radius 3 is 2.15 bits per heavy atom. The summed E-state index contributed by atoms with van der Waals surface area (Å²) in [7, 11) is 0. The van der Waals surface area contributed by atoms with Crippen molar-refractivity contribution in [1.29, 1.82) is 0 Å². The van der Waals surface area contributed by atoms with E-state index in [2.05, 4.69) is 22.6 Å². The summed E-state index contributed by atoms with van der Waals surface area (Å²) in [5.41, 5.74) is 0.670. The molecule has 0 unspecified atom stereocenters. The van der Waals surface area contributed by atoms with Crippen molar-refractivity contribution in [2.45, 2.75) is 25.3 Å². The maximum Gasteiger partial charge on any atom is 0.201 e. The number of nitrogens with zero attached hydrogens (tertiary/aromatic N) is 2. The van der Waals surface area contributed by atoms with Crippen LogP contribution in [0, 0.1) is 0 Å². The molecule has 2 rings (SSSR count).